The summed E-state index contributed by atoms with van der Waals surface area (Å²) in [6, 6.07) is 4.88. The third-order valence-corrected chi connectivity index (χ3v) is 2.56. The summed E-state index contributed by atoms with van der Waals surface area (Å²) in [6.07, 6.45) is 2.00. The summed E-state index contributed by atoms with van der Waals surface area (Å²) in [4.78, 5) is 0. The molecule has 0 unspecified atom stereocenters. The highest BCUT2D eigenvalue weighted by Crippen LogP contribution is 2.32. The Bertz CT molecular complexity index is 347. The fourth-order valence-corrected chi connectivity index (χ4v) is 1.20. The maximum Gasteiger partial charge on any atom is 0.129 e. The predicted molar refractivity (Wildman–Crippen MR) is 52.8 cm³/mol. The molecule has 1 aliphatic carbocycles. The molecule has 76 valence electrons. The van der Waals surface area contributed by atoms with Gasteiger partial charge in [0.1, 0.15) is 18.2 Å². The van der Waals surface area contributed by atoms with Crippen LogP contribution in [0.15, 0.2) is 18.2 Å². The first kappa shape index (κ1) is 9.46. The van der Waals surface area contributed by atoms with Gasteiger partial charge < -0.3 is 10.5 Å². The maximum atomic E-state index is 13.1. The van der Waals surface area contributed by atoms with Crippen LogP contribution in [-0.4, -0.2) is 12.1 Å². The van der Waals surface area contributed by atoms with E-state index < -0.39 is 0 Å². The third kappa shape index (κ3) is 2.04. The van der Waals surface area contributed by atoms with Gasteiger partial charge in [-0.05, 0) is 31.4 Å². The highest BCUT2D eigenvalue weighted by atomic mass is 19.1. The monoisotopic (exact) mass is 195 g/mol. The Labute approximate surface area is 82.9 Å². The summed E-state index contributed by atoms with van der Waals surface area (Å²) >= 11 is 0. The Morgan fingerprint density at radius 1 is 1.50 bits per heavy atom. The molecule has 0 aromatic heterocycles. The van der Waals surface area contributed by atoms with E-state index in [-0.39, 0.29) is 11.4 Å². The molecule has 2 rings (SSSR count). The molecule has 3 heteroatoms. The van der Waals surface area contributed by atoms with E-state index in [0.29, 0.717) is 17.9 Å². The number of nitrogens with two attached hydrogens (primary N) is 1. The van der Waals surface area contributed by atoms with Crippen molar-refractivity contribution >= 4 is 0 Å². The minimum atomic E-state index is -0.232. The largest absolute Gasteiger partial charge is 0.492 e. The quantitative estimate of drug-likeness (QED) is 0.800. The fourth-order valence-electron chi connectivity index (χ4n) is 1.20. The number of aryl methyl sites for hydroxylation is 1. The summed E-state index contributed by atoms with van der Waals surface area (Å²) in [6.45, 7) is 2.21. The third-order valence-electron chi connectivity index (χ3n) is 2.56. The van der Waals surface area contributed by atoms with Gasteiger partial charge in [0.15, 0.2) is 0 Å². The van der Waals surface area contributed by atoms with E-state index in [2.05, 4.69) is 0 Å². The van der Waals surface area contributed by atoms with Crippen molar-refractivity contribution < 1.29 is 9.13 Å². The molecule has 0 aliphatic heterocycles. The molecule has 0 spiro atoms. The summed E-state index contributed by atoms with van der Waals surface area (Å²) in [5.41, 5.74) is 6.32. The molecule has 0 saturated heterocycles. The van der Waals surface area contributed by atoms with Crippen molar-refractivity contribution in [1.29, 1.82) is 0 Å². The van der Waals surface area contributed by atoms with Crippen LogP contribution in [0.25, 0.3) is 0 Å². The highest BCUT2D eigenvalue weighted by molar-refractivity contribution is 5.28. The van der Waals surface area contributed by atoms with Gasteiger partial charge in [-0.1, -0.05) is 6.07 Å². The molecule has 1 aromatic carbocycles. The summed E-state index contributed by atoms with van der Waals surface area (Å²) in [5, 5.41) is 0. The molecule has 1 aliphatic rings. The van der Waals surface area contributed by atoms with Crippen LogP contribution in [0, 0.1) is 12.7 Å². The molecule has 0 radical (unpaired) electrons. The molecule has 0 heterocycles. The number of halogens is 1. The fraction of sp³-hybridized carbons (Fsp3) is 0.455. The summed E-state index contributed by atoms with van der Waals surface area (Å²) in [5.74, 6) is 0.328. The molecule has 2 nitrogen and oxygen atoms in total. The molecule has 14 heavy (non-hydrogen) atoms. The normalized spacial score (nSPS) is 17.9. The molecule has 2 N–H and O–H groups in total. The number of rotatable bonds is 3. The van der Waals surface area contributed by atoms with Crippen LogP contribution in [0.3, 0.4) is 0 Å². The van der Waals surface area contributed by atoms with Crippen molar-refractivity contribution in [2.24, 2.45) is 5.73 Å². The second-order valence-electron chi connectivity index (χ2n) is 4.06. The Hall–Kier alpha value is -1.09. The Balaban J connectivity index is 1.99. The van der Waals surface area contributed by atoms with Gasteiger partial charge in [0, 0.05) is 6.07 Å². The number of ether oxygens (including phenoxy) is 1. The molecule has 0 atom stereocenters. The van der Waals surface area contributed by atoms with Crippen LogP contribution < -0.4 is 10.5 Å². The van der Waals surface area contributed by atoms with Gasteiger partial charge >= 0.3 is 0 Å². The van der Waals surface area contributed by atoms with Gasteiger partial charge in [0.25, 0.3) is 0 Å². The van der Waals surface area contributed by atoms with Crippen LogP contribution in [0.5, 0.6) is 5.75 Å². The number of hydrogen-bond donors (Lipinski definition) is 1. The van der Waals surface area contributed by atoms with Gasteiger partial charge in [-0.2, -0.15) is 0 Å². The zero-order chi connectivity index (χ0) is 10.2. The van der Waals surface area contributed by atoms with Crippen molar-refractivity contribution in [3.8, 4) is 5.75 Å². The minimum absolute atomic E-state index is 0.151. The molecule has 0 bridgehead atoms. The smallest absolute Gasteiger partial charge is 0.129 e. The van der Waals surface area contributed by atoms with E-state index in [1.807, 2.05) is 0 Å². The standard InChI is InChI=1S/C11H14FNO/c1-8-2-3-9(6-10(8)12)14-7-11(13)4-5-11/h2-3,6H,4-5,7,13H2,1H3. The van der Waals surface area contributed by atoms with E-state index in [9.17, 15) is 4.39 Å². The molecule has 0 amide bonds. The zero-order valence-electron chi connectivity index (χ0n) is 8.22. The predicted octanol–water partition coefficient (Wildman–Crippen LogP) is 2.00. The minimum Gasteiger partial charge on any atom is -0.492 e. The van der Waals surface area contributed by atoms with Crippen molar-refractivity contribution in [2.45, 2.75) is 25.3 Å². The van der Waals surface area contributed by atoms with Crippen molar-refractivity contribution in [3.63, 3.8) is 0 Å². The van der Waals surface area contributed by atoms with Crippen LogP contribution in [-0.2, 0) is 0 Å². The summed E-state index contributed by atoms with van der Waals surface area (Å²) < 4.78 is 18.5. The Morgan fingerprint density at radius 3 is 2.79 bits per heavy atom. The van der Waals surface area contributed by atoms with Gasteiger partial charge in [-0.3, -0.25) is 0 Å². The first-order valence-corrected chi connectivity index (χ1v) is 4.77. The first-order chi connectivity index (χ1) is 6.59. The molecule has 1 fully saturated rings. The highest BCUT2D eigenvalue weighted by Gasteiger charge is 2.39. The second kappa shape index (κ2) is 3.24. The average molecular weight is 195 g/mol. The van der Waals surface area contributed by atoms with E-state index in [0.717, 1.165) is 12.8 Å². The van der Waals surface area contributed by atoms with Gasteiger partial charge in [0.05, 0.1) is 5.54 Å². The zero-order valence-corrected chi connectivity index (χ0v) is 8.22. The van der Waals surface area contributed by atoms with Crippen LogP contribution in [0.4, 0.5) is 4.39 Å². The lowest BCUT2D eigenvalue weighted by Gasteiger charge is -2.11. The molecular formula is C11H14FNO. The molecule has 1 aromatic rings. The number of hydrogen-bond acceptors (Lipinski definition) is 2. The average Bonchev–Trinajstić information content (AvgIpc) is 2.87. The van der Waals surface area contributed by atoms with Crippen LogP contribution in [0.2, 0.25) is 0 Å². The second-order valence-corrected chi connectivity index (χ2v) is 4.06. The maximum absolute atomic E-state index is 13.1. The van der Waals surface area contributed by atoms with Gasteiger partial charge in [-0.25, -0.2) is 4.39 Å². The first-order valence-electron chi connectivity index (χ1n) is 4.77. The van der Waals surface area contributed by atoms with Crippen molar-refractivity contribution in [2.75, 3.05) is 6.61 Å². The van der Waals surface area contributed by atoms with Crippen molar-refractivity contribution in [1.82, 2.24) is 0 Å². The van der Waals surface area contributed by atoms with E-state index >= 15 is 0 Å². The van der Waals surface area contributed by atoms with Crippen molar-refractivity contribution in [3.05, 3.63) is 29.6 Å². The SMILES string of the molecule is Cc1ccc(OCC2(N)CC2)cc1F. The van der Waals surface area contributed by atoms with Crippen LogP contribution >= 0.6 is 0 Å². The lowest BCUT2D eigenvalue weighted by molar-refractivity contribution is 0.278. The van der Waals surface area contributed by atoms with E-state index in [4.69, 9.17) is 10.5 Å². The van der Waals surface area contributed by atoms with Gasteiger partial charge in [0.2, 0.25) is 0 Å². The van der Waals surface area contributed by atoms with Gasteiger partial charge in [-0.15, -0.1) is 0 Å². The number of benzene rings is 1. The topological polar surface area (TPSA) is 35.2 Å². The lowest BCUT2D eigenvalue weighted by atomic mass is 10.2. The lowest BCUT2D eigenvalue weighted by Crippen LogP contribution is -2.29. The Morgan fingerprint density at radius 2 is 2.21 bits per heavy atom. The molecular weight excluding hydrogens is 181 g/mol. The van der Waals surface area contributed by atoms with Crippen LogP contribution in [0.1, 0.15) is 18.4 Å². The Kier molecular flexibility index (Phi) is 2.19. The van der Waals surface area contributed by atoms with E-state index in [1.165, 1.54) is 6.07 Å². The molecule has 1 saturated carbocycles. The van der Waals surface area contributed by atoms with E-state index in [1.54, 1.807) is 19.1 Å². The summed E-state index contributed by atoms with van der Waals surface area (Å²) in [7, 11) is 0.